The molecule has 0 aliphatic carbocycles. The highest BCUT2D eigenvalue weighted by atomic mass is 15.2. The predicted molar refractivity (Wildman–Crippen MR) is 398 cm³/mol. The van der Waals surface area contributed by atoms with Crippen molar-refractivity contribution in [2.75, 3.05) is 0 Å². The molecule has 0 saturated carbocycles. The van der Waals surface area contributed by atoms with Gasteiger partial charge in [0.1, 0.15) is 0 Å². The first kappa shape index (κ1) is 79.6. The highest BCUT2D eigenvalue weighted by Gasteiger charge is 2.31. The summed E-state index contributed by atoms with van der Waals surface area (Å²) in [6, 6.07) is 14.3. The van der Waals surface area contributed by atoms with E-state index in [9.17, 15) is 5.53 Å². The minimum atomic E-state index is 0.841. The van der Waals surface area contributed by atoms with Crippen LogP contribution in [0, 0.1) is 23.7 Å². The number of aryl methyl sites for hydroxylation is 4. The lowest BCUT2D eigenvalue weighted by atomic mass is 9.94. The highest BCUT2D eigenvalue weighted by Crippen LogP contribution is 2.40. The summed E-state index contributed by atoms with van der Waals surface area (Å²) in [6.45, 7) is 11.5. The van der Waals surface area contributed by atoms with Crippen molar-refractivity contribution >= 4 is 11.4 Å². The standard InChI is InChI=1S/C87H144N2/c1-6-11-16-21-23-25-27-29-31-33-35-37-39-41-43-45-47-49-51-53-55-57-60-64-69-81-74-72-79(67-62-19-14-9-4)76-84(81)86-78-83(71-66-59-18-13-8-3)87(89(86)88)85-77-80(68-63-20-15-10-5)73-75-82(85)70-65-61-58-56-54-52-50-48-46-44-42-40-38-36-34-32-30-28-26-24-22-17-12-7-2/h66,71-78H,6-56,59,62-65,67-70H2,1-5H3. The second kappa shape index (κ2) is 59.4. The van der Waals surface area contributed by atoms with Gasteiger partial charge in [-0.25, -0.2) is 4.70 Å². The SMILES string of the molecule is CCCCCC=CC1=C(c2cc(CCCCCC)ccc2CCC#CCCCCCCCCCCCCCCCCCCCCCC)[N+](=[N-])C(c2cc(CCCCCC)ccc2CCC#CCCCCCCCCCCCCCCCCCCCCCC)=C1. The molecule has 0 fully saturated rings. The number of hydrogen-bond acceptors (Lipinski definition) is 0. The van der Waals surface area contributed by atoms with Crippen molar-refractivity contribution in [3.05, 3.63) is 99.1 Å². The zero-order chi connectivity index (χ0) is 63.4. The van der Waals surface area contributed by atoms with Crippen LogP contribution < -0.4 is 0 Å². The molecule has 3 rings (SSSR count). The first-order chi connectivity index (χ1) is 44.1. The molecule has 0 amide bonds. The van der Waals surface area contributed by atoms with Gasteiger partial charge in [-0.2, -0.15) is 0 Å². The van der Waals surface area contributed by atoms with Crippen LogP contribution in [0.5, 0.6) is 0 Å². The molecule has 0 radical (unpaired) electrons. The van der Waals surface area contributed by atoms with E-state index in [-0.39, 0.29) is 0 Å². The van der Waals surface area contributed by atoms with E-state index < -0.39 is 0 Å². The van der Waals surface area contributed by atoms with Crippen molar-refractivity contribution in [2.24, 2.45) is 0 Å². The van der Waals surface area contributed by atoms with E-state index >= 15 is 0 Å². The highest BCUT2D eigenvalue weighted by molar-refractivity contribution is 5.82. The lowest BCUT2D eigenvalue weighted by Crippen LogP contribution is -2.08. The monoisotopic (exact) mass is 1220 g/mol. The summed E-state index contributed by atoms with van der Waals surface area (Å²) >= 11 is 0. The maximum atomic E-state index is 12.8. The van der Waals surface area contributed by atoms with Crippen LogP contribution in [-0.2, 0) is 25.7 Å². The fraction of sp³-hybridized carbons (Fsp3) is 0.747. The summed E-state index contributed by atoms with van der Waals surface area (Å²) in [6.07, 6.45) is 85.8. The zero-order valence-corrected chi connectivity index (χ0v) is 60.0. The largest absolute Gasteiger partial charge is 0.493 e. The molecule has 0 spiro atoms. The van der Waals surface area contributed by atoms with Gasteiger partial charge in [0.2, 0.25) is 11.4 Å². The van der Waals surface area contributed by atoms with Crippen molar-refractivity contribution in [2.45, 2.75) is 420 Å². The van der Waals surface area contributed by atoms with E-state index in [4.69, 9.17) is 0 Å². The Labute approximate surface area is 555 Å². The lowest BCUT2D eigenvalue weighted by Gasteiger charge is -2.16. The Kier molecular flexibility index (Phi) is 53.1. The van der Waals surface area contributed by atoms with Gasteiger partial charge in [0.05, 0.1) is 11.1 Å². The third-order valence-corrected chi connectivity index (χ3v) is 19.4. The molecule has 0 bridgehead atoms. The zero-order valence-electron chi connectivity index (χ0n) is 60.0. The Morgan fingerprint density at radius 1 is 0.315 bits per heavy atom. The molecule has 1 heterocycles. The average Bonchev–Trinajstić information content (AvgIpc) is 2.02. The maximum absolute atomic E-state index is 12.8. The minimum Gasteiger partial charge on any atom is -0.493 e. The molecule has 0 N–H and O–H groups in total. The molecule has 89 heavy (non-hydrogen) atoms. The molecular formula is C87H144N2. The number of rotatable bonds is 61. The Balaban J connectivity index is 1.56. The van der Waals surface area contributed by atoms with Gasteiger partial charge in [-0.05, 0) is 98.6 Å². The van der Waals surface area contributed by atoms with Gasteiger partial charge in [0.15, 0.2) is 0 Å². The van der Waals surface area contributed by atoms with Crippen LogP contribution >= 0.6 is 0 Å². The van der Waals surface area contributed by atoms with E-state index in [2.05, 4.69) is 113 Å². The second-order valence-electron chi connectivity index (χ2n) is 27.8. The van der Waals surface area contributed by atoms with Crippen LogP contribution in [0.1, 0.15) is 428 Å². The molecular weight excluding hydrogens is 1070 g/mol. The molecule has 0 aromatic heterocycles. The van der Waals surface area contributed by atoms with Crippen LogP contribution in [0.3, 0.4) is 0 Å². The maximum Gasteiger partial charge on any atom is 0.215 e. The van der Waals surface area contributed by atoms with Crippen molar-refractivity contribution in [3.8, 4) is 23.7 Å². The third kappa shape index (κ3) is 41.6. The summed E-state index contributed by atoms with van der Waals surface area (Å²) in [4.78, 5) is 0. The Bertz CT molecular complexity index is 2230. The molecule has 0 saturated heterocycles. The molecule has 2 heteroatoms. The predicted octanol–water partition coefficient (Wildman–Crippen LogP) is 29.2. The Morgan fingerprint density at radius 2 is 0.607 bits per heavy atom. The van der Waals surface area contributed by atoms with E-state index in [1.165, 1.54) is 355 Å². The average molecular weight is 1220 g/mol. The number of hydrogen-bond donors (Lipinski definition) is 0. The lowest BCUT2D eigenvalue weighted by molar-refractivity contribution is -0.344. The topological polar surface area (TPSA) is 25.3 Å². The van der Waals surface area contributed by atoms with E-state index in [0.29, 0.717) is 0 Å². The Hall–Kier alpha value is -3.62. The van der Waals surface area contributed by atoms with E-state index in [1.54, 1.807) is 4.70 Å². The molecule has 0 atom stereocenters. The quantitative estimate of drug-likeness (QED) is 0.0358. The van der Waals surface area contributed by atoms with Crippen LogP contribution in [-0.4, -0.2) is 4.70 Å². The summed E-state index contributed by atoms with van der Waals surface area (Å²) in [5.74, 6) is 14.4. The van der Waals surface area contributed by atoms with E-state index in [0.717, 1.165) is 80.3 Å². The van der Waals surface area contributed by atoms with Crippen LogP contribution in [0.4, 0.5) is 0 Å². The summed E-state index contributed by atoms with van der Waals surface area (Å²) in [5.41, 5.74) is 23.4. The van der Waals surface area contributed by atoms with Crippen molar-refractivity contribution in [3.63, 3.8) is 0 Å². The third-order valence-electron chi connectivity index (χ3n) is 19.4. The normalized spacial score (nSPS) is 12.4. The van der Waals surface area contributed by atoms with Gasteiger partial charge in [-0.1, -0.05) is 366 Å². The molecule has 2 aromatic carbocycles. The van der Waals surface area contributed by atoms with Crippen molar-refractivity contribution in [1.29, 1.82) is 0 Å². The van der Waals surface area contributed by atoms with E-state index in [1.807, 2.05) is 0 Å². The summed E-state index contributed by atoms with van der Waals surface area (Å²) in [5, 5.41) is 0. The summed E-state index contributed by atoms with van der Waals surface area (Å²) < 4.78 is 1.59. The van der Waals surface area contributed by atoms with Gasteiger partial charge in [0.25, 0.3) is 0 Å². The molecule has 1 aliphatic rings. The first-order valence-electron chi connectivity index (χ1n) is 39.8. The van der Waals surface area contributed by atoms with Gasteiger partial charge in [-0.3, -0.25) is 0 Å². The minimum absolute atomic E-state index is 0.841. The van der Waals surface area contributed by atoms with Crippen molar-refractivity contribution in [1.82, 2.24) is 0 Å². The van der Waals surface area contributed by atoms with Crippen LogP contribution in [0.2, 0.25) is 0 Å². The van der Waals surface area contributed by atoms with Gasteiger partial charge < -0.3 is 5.53 Å². The van der Waals surface area contributed by atoms with Crippen LogP contribution in [0.15, 0.2) is 60.2 Å². The van der Waals surface area contributed by atoms with Gasteiger partial charge >= 0.3 is 0 Å². The smallest absolute Gasteiger partial charge is 0.215 e. The molecule has 0 unspecified atom stereocenters. The molecule has 2 aromatic rings. The second-order valence-corrected chi connectivity index (χ2v) is 27.8. The van der Waals surface area contributed by atoms with Crippen LogP contribution in [0.25, 0.3) is 16.9 Å². The molecule has 2 nitrogen and oxygen atoms in total. The summed E-state index contributed by atoms with van der Waals surface area (Å²) in [7, 11) is 0. The number of benzene rings is 2. The fourth-order valence-corrected chi connectivity index (χ4v) is 13.5. The van der Waals surface area contributed by atoms with Crippen molar-refractivity contribution < 1.29 is 4.70 Å². The van der Waals surface area contributed by atoms with Gasteiger partial charge in [0, 0.05) is 37.3 Å². The number of unbranched alkanes of at least 4 members (excludes halogenated alkanes) is 49. The first-order valence-corrected chi connectivity index (χ1v) is 39.8. The fourth-order valence-electron chi connectivity index (χ4n) is 13.5. The molecule has 1 aliphatic heterocycles. The Morgan fingerprint density at radius 3 is 0.966 bits per heavy atom. The number of allylic oxidation sites excluding steroid dienone is 4. The molecule has 502 valence electrons. The van der Waals surface area contributed by atoms with Gasteiger partial charge in [-0.15, -0.1) is 23.7 Å². The number of nitrogens with zero attached hydrogens (tertiary/aromatic N) is 2.